The summed E-state index contributed by atoms with van der Waals surface area (Å²) >= 11 is 6.12. The van der Waals surface area contributed by atoms with Gasteiger partial charge in [0.25, 0.3) is 11.8 Å². The van der Waals surface area contributed by atoms with Crippen LogP contribution in [0.15, 0.2) is 60.8 Å². The molecule has 5 N–H and O–H groups in total. The van der Waals surface area contributed by atoms with Crippen LogP contribution in [0.4, 0.5) is 30.4 Å². The average Bonchev–Trinajstić information content (AvgIpc) is 2.84. The molecule has 35 heavy (non-hydrogen) atoms. The Morgan fingerprint density at radius 3 is 2.37 bits per heavy atom. The summed E-state index contributed by atoms with van der Waals surface area (Å²) < 4.78 is 38.7. The Labute approximate surface area is 202 Å². The van der Waals surface area contributed by atoms with E-state index in [1.165, 1.54) is 30.5 Å². The predicted molar refractivity (Wildman–Crippen MR) is 125 cm³/mol. The van der Waals surface area contributed by atoms with Gasteiger partial charge in [-0.3, -0.25) is 9.59 Å². The van der Waals surface area contributed by atoms with E-state index >= 15 is 0 Å². The Hall–Kier alpha value is -3.67. The van der Waals surface area contributed by atoms with Gasteiger partial charge in [0.05, 0.1) is 40.7 Å². The Bertz CT molecular complexity index is 1210. The summed E-state index contributed by atoms with van der Waals surface area (Å²) in [6.07, 6.45) is -4.18. The highest BCUT2D eigenvalue weighted by Gasteiger charge is 2.31. The summed E-state index contributed by atoms with van der Waals surface area (Å²) in [6, 6.07) is 11.1. The summed E-state index contributed by atoms with van der Waals surface area (Å²) in [5.74, 6) is -0.986. The second kappa shape index (κ2) is 11.2. The van der Waals surface area contributed by atoms with Gasteiger partial charge in [0.15, 0.2) is 0 Å². The van der Waals surface area contributed by atoms with Crippen LogP contribution in [0.2, 0.25) is 5.02 Å². The molecule has 2 aromatic carbocycles. The average molecular weight is 509 g/mol. The SMILES string of the molecule is O=C(Nc1ccc(Cl)c(C(=O)Nc2ccc(NC[C@@H](O)CO)nc2)c1)c1cccc(C(F)(F)F)c1. The molecular weight excluding hydrogens is 489 g/mol. The number of pyridine rings is 1. The van der Waals surface area contributed by atoms with E-state index < -0.39 is 36.3 Å². The number of alkyl halides is 3. The van der Waals surface area contributed by atoms with Gasteiger partial charge >= 0.3 is 6.18 Å². The van der Waals surface area contributed by atoms with Crippen LogP contribution in [0.3, 0.4) is 0 Å². The minimum absolute atomic E-state index is 0.0155. The minimum atomic E-state index is -4.59. The first kappa shape index (κ1) is 25.9. The number of nitrogens with zero attached hydrogens (tertiary/aromatic N) is 1. The molecule has 0 aliphatic heterocycles. The molecule has 1 heterocycles. The number of aromatic nitrogens is 1. The Balaban J connectivity index is 1.69. The fraction of sp³-hybridized carbons (Fsp3) is 0.174. The Kier molecular flexibility index (Phi) is 8.28. The lowest BCUT2D eigenvalue weighted by Gasteiger charge is -2.12. The third-order valence-electron chi connectivity index (χ3n) is 4.67. The van der Waals surface area contributed by atoms with Crippen molar-refractivity contribution in [2.24, 2.45) is 0 Å². The number of carbonyl (C=O) groups is 2. The number of hydrogen-bond donors (Lipinski definition) is 5. The third-order valence-corrected chi connectivity index (χ3v) is 5.00. The molecule has 0 saturated heterocycles. The molecule has 12 heteroatoms. The molecule has 0 spiro atoms. The number of amides is 2. The quantitative estimate of drug-likeness (QED) is 0.313. The number of benzene rings is 2. The standard InChI is InChI=1S/C23H20ClF3N4O4/c24-19-6-4-15(30-21(34)13-2-1-3-14(8-13)23(25,26)27)9-18(19)22(35)31-16-5-7-20(28-10-16)29-11-17(33)12-32/h1-10,17,32-33H,11-12H2,(H,28,29)(H,30,34)(H,31,35)/t17-/m1/s1. The van der Waals surface area contributed by atoms with Crippen LogP contribution in [0.5, 0.6) is 0 Å². The maximum Gasteiger partial charge on any atom is 0.416 e. The van der Waals surface area contributed by atoms with Gasteiger partial charge in [0.1, 0.15) is 5.82 Å². The molecule has 184 valence electrons. The van der Waals surface area contributed by atoms with E-state index in [0.717, 1.165) is 18.2 Å². The topological polar surface area (TPSA) is 124 Å². The number of rotatable bonds is 8. The second-order valence-electron chi connectivity index (χ2n) is 7.33. The van der Waals surface area contributed by atoms with Crippen molar-refractivity contribution in [2.75, 3.05) is 29.1 Å². The number of anilines is 3. The lowest BCUT2D eigenvalue weighted by atomic mass is 10.1. The molecule has 3 aromatic rings. The number of hydrogen-bond acceptors (Lipinski definition) is 6. The molecule has 1 aromatic heterocycles. The number of halogens is 4. The van der Waals surface area contributed by atoms with Crippen LogP contribution in [0.25, 0.3) is 0 Å². The molecule has 1 atom stereocenters. The third kappa shape index (κ3) is 7.15. The van der Waals surface area contributed by atoms with Crippen LogP contribution in [0.1, 0.15) is 26.3 Å². The zero-order chi connectivity index (χ0) is 25.6. The van der Waals surface area contributed by atoms with Crippen LogP contribution >= 0.6 is 11.6 Å². The molecule has 3 rings (SSSR count). The van der Waals surface area contributed by atoms with Gasteiger partial charge in [0.2, 0.25) is 0 Å². The monoisotopic (exact) mass is 508 g/mol. The van der Waals surface area contributed by atoms with E-state index in [1.807, 2.05) is 0 Å². The Morgan fingerprint density at radius 2 is 1.71 bits per heavy atom. The molecule has 0 aliphatic rings. The van der Waals surface area contributed by atoms with Crippen molar-refractivity contribution in [1.82, 2.24) is 4.98 Å². The Morgan fingerprint density at radius 1 is 1.00 bits per heavy atom. The molecule has 0 aliphatic carbocycles. The van der Waals surface area contributed by atoms with Crippen LogP contribution in [-0.4, -0.2) is 46.3 Å². The lowest BCUT2D eigenvalue weighted by Crippen LogP contribution is -2.23. The van der Waals surface area contributed by atoms with E-state index in [4.69, 9.17) is 16.7 Å². The van der Waals surface area contributed by atoms with E-state index in [9.17, 15) is 27.9 Å². The summed E-state index contributed by atoms with van der Waals surface area (Å²) in [6.45, 7) is -0.314. The van der Waals surface area contributed by atoms with Gasteiger partial charge in [-0.05, 0) is 48.5 Å². The van der Waals surface area contributed by atoms with Crippen molar-refractivity contribution in [2.45, 2.75) is 12.3 Å². The molecule has 0 radical (unpaired) electrons. The number of aliphatic hydroxyl groups is 2. The van der Waals surface area contributed by atoms with Gasteiger partial charge in [-0.25, -0.2) is 4.98 Å². The van der Waals surface area contributed by atoms with Gasteiger partial charge in [-0.15, -0.1) is 0 Å². The molecule has 0 saturated carbocycles. The summed E-state index contributed by atoms with van der Waals surface area (Å²) in [5, 5.41) is 26.1. The highest BCUT2D eigenvalue weighted by atomic mass is 35.5. The van der Waals surface area contributed by atoms with Gasteiger partial charge < -0.3 is 26.2 Å². The van der Waals surface area contributed by atoms with Crippen molar-refractivity contribution >= 4 is 40.6 Å². The van der Waals surface area contributed by atoms with Gasteiger partial charge in [0, 0.05) is 17.8 Å². The number of aliphatic hydroxyl groups excluding tert-OH is 2. The maximum absolute atomic E-state index is 12.9. The number of nitrogens with one attached hydrogen (secondary N) is 3. The van der Waals surface area contributed by atoms with Crippen LogP contribution in [-0.2, 0) is 6.18 Å². The molecule has 2 amide bonds. The fourth-order valence-corrected chi connectivity index (χ4v) is 3.08. The molecule has 0 fully saturated rings. The molecular formula is C23H20ClF3N4O4. The van der Waals surface area contributed by atoms with Gasteiger partial charge in [-0.1, -0.05) is 17.7 Å². The van der Waals surface area contributed by atoms with E-state index in [2.05, 4.69) is 20.9 Å². The smallest absolute Gasteiger partial charge is 0.394 e. The zero-order valence-electron chi connectivity index (χ0n) is 17.9. The fourth-order valence-electron chi connectivity index (χ4n) is 2.87. The molecule has 0 bridgehead atoms. The molecule has 0 unspecified atom stereocenters. The predicted octanol–water partition coefficient (Wildman–Crippen LogP) is 4.02. The van der Waals surface area contributed by atoms with Gasteiger partial charge in [-0.2, -0.15) is 13.2 Å². The summed E-state index contributed by atoms with van der Waals surface area (Å²) in [7, 11) is 0. The van der Waals surface area contributed by atoms with E-state index in [-0.39, 0.29) is 28.4 Å². The van der Waals surface area contributed by atoms with E-state index in [1.54, 1.807) is 12.1 Å². The maximum atomic E-state index is 12.9. The summed E-state index contributed by atoms with van der Waals surface area (Å²) in [5.41, 5.74) is -0.658. The lowest BCUT2D eigenvalue weighted by molar-refractivity contribution is -0.137. The van der Waals surface area contributed by atoms with Crippen molar-refractivity contribution in [1.29, 1.82) is 0 Å². The molecule has 8 nitrogen and oxygen atoms in total. The second-order valence-corrected chi connectivity index (χ2v) is 7.74. The first-order valence-corrected chi connectivity index (χ1v) is 10.5. The van der Waals surface area contributed by atoms with Crippen molar-refractivity contribution in [3.8, 4) is 0 Å². The first-order chi connectivity index (χ1) is 16.6. The minimum Gasteiger partial charge on any atom is -0.394 e. The highest BCUT2D eigenvalue weighted by Crippen LogP contribution is 2.30. The zero-order valence-corrected chi connectivity index (χ0v) is 18.7. The van der Waals surface area contributed by atoms with Crippen LogP contribution in [0, 0.1) is 0 Å². The highest BCUT2D eigenvalue weighted by molar-refractivity contribution is 6.34. The van der Waals surface area contributed by atoms with Crippen molar-refractivity contribution < 1.29 is 33.0 Å². The van der Waals surface area contributed by atoms with Crippen LogP contribution < -0.4 is 16.0 Å². The largest absolute Gasteiger partial charge is 0.416 e. The van der Waals surface area contributed by atoms with E-state index in [0.29, 0.717) is 11.5 Å². The normalized spacial score (nSPS) is 12.1. The first-order valence-electron chi connectivity index (χ1n) is 10.1. The van der Waals surface area contributed by atoms with Crippen molar-refractivity contribution in [3.63, 3.8) is 0 Å². The summed E-state index contributed by atoms with van der Waals surface area (Å²) in [4.78, 5) is 29.2. The van der Waals surface area contributed by atoms with Crippen molar-refractivity contribution in [3.05, 3.63) is 82.5 Å². The number of carbonyl (C=O) groups excluding carboxylic acids is 2.